The second-order valence-electron chi connectivity index (χ2n) is 4.81. The Morgan fingerprint density at radius 2 is 1.79 bits per heavy atom. The van der Waals surface area contributed by atoms with Crippen molar-refractivity contribution in [2.24, 2.45) is 4.99 Å². The minimum atomic E-state index is -0.629. The Morgan fingerprint density at radius 3 is 2.38 bits per heavy atom. The predicted molar refractivity (Wildman–Crippen MR) is 93.8 cm³/mol. The lowest BCUT2D eigenvalue weighted by Gasteiger charge is -2.07. The number of rotatable bonds is 6. The Hall–Kier alpha value is -3.08. The van der Waals surface area contributed by atoms with Crippen molar-refractivity contribution >= 4 is 23.6 Å². The van der Waals surface area contributed by atoms with Crippen molar-refractivity contribution in [2.45, 2.75) is 6.92 Å². The zero-order valence-electron chi connectivity index (χ0n) is 13.6. The van der Waals surface area contributed by atoms with E-state index in [0.29, 0.717) is 17.0 Å². The number of esters is 1. The van der Waals surface area contributed by atoms with Crippen molar-refractivity contribution in [3.63, 3.8) is 0 Å². The second kappa shape index (κ2) is 8.53. The highest BCUT2D eigenvalue weighted by atomic mass is 16.5. The normalized spacial score (nSPS) is 11.9. The van der Waals surface area contributed by atoms with E-state index in [-0.39, 0.29) is 17.9 Å². The van der Waals surface area contributed by atoms with Gasteiger partial charge in [0.2, 0.25) is 0 Å². The average Bonchev–Trinajstić information content (AvgIpc) is 2.63. The van der Waals surface area contributed by atoms with Gasteiger partial charge in [-0.05, 0) is 31.2 Å². The molecule has 0 aliphatic heterocycles. The summed E-state index contributed by atoms with van der Waals surface area (Å²) in [5.41, 5.74) is 1.14. The quantitative estimate of drug-likeness (QED) is 0.378. The van der Waals surface area contributed by atoms with Crippen LogP contribution in [0.25, 0.3) is 5.76 Å². The first-order chi connectivity index (χ1) is 11.7. The Bertz CT molecular complexity index is 734. The zero-order chi connectivity index (χ0) is 17.4. The first-order valence-corrected chi connectivity index (χ1v) is 7.49. The molecule has 2 aromatic carbocycles. The number of aliphatic hydroxyl groups excluding tert-OH is 1. The molecule has 0 fully saturated rings. The number of hydrogen-bond donors (Lipinski definition) is 1. The molecule has 0 saturated carbocycles. The molecular formula is C19H19NO4. The summed E-state index contributed by atoms with van der Waals surface area (Å²) < 4.78 is 10.1. The molecule has 5 heteroatoms. The molecule has 0 heterocycles. The molecule has 0 aromatic heterocycles. The zero-order valence-corrected chi connectivity index (χ0v) is 13.6. The van der Waals surface area contributed by atoms with Crippen LogP contribution in [0.3, 0.4) is 0 Å². The van der Waals surface area contributed by atoms with Crippen LogP contribution in [0.5, 0.6) is 5.75 Å². The molecule has 0 radical (unpaired) electrons. The maximum absolute atomic E-state index is 12.1. The van der Waals surface area contributed by atoms with Crippen LogP contribution in [-0.4, -0.2) is 31.0 Å². The van der Waals surface area contributed by atoms with E-state index in [1.807, 2.05) is 6.07 Å². The number of aliphatic hydroxyl groups is 1. The lowest BCUT2D eigenvalue weighted by atomic mass is 10.1. The van der Waals surface area contributed by atoms with Crippen molar-refractivity contribution in [3.05, 3.63) is 65.7 Å². The average molecular weight is 325 g/mol. The van der Waals surface area contributed by atoms with Gasteiger partial charge in [0.25, 0.3) is 0 Å². The van der Waals surface area contributed by atoms with Crippen LogP contribution in [-0.2, 0) is 9.53 Å². The standard InChI is InChI=1S/C19H19NO4/c1-3-24-19(22)17(18(21)14-7-5-4-6-8-14)13-20-15-9-11-16(23-2)12-10-15/h4-13,21H,3H2,1-2H3. The van der Waals surface area contributed by atoms with Crippen molar-refractivity contribution < 1.29 is 19.4 Å². The Morgan fingerprint density at radius 1 is 1.12 bits per heavy atom. The highest BCUT2D eigenvalue weighted by Crippen LogP contribution is 2.20. The van der Waals surface area contributed by atoms with Crippen LogP contribution < -0.4 is 4.74 Å². The monoisotopic (exact) mass is 325 g/mol. The van der Waals surface area contributed by atoms with Gasteiger partial charge in [-0.2, -0.15) is 0 Å². The molecule has 24 heavy (non-hydrogen) atoms. The van der Waals surface area contributed by atoms with Gasteiger partial charge in [-0.1, -0.05) is 30.3 Å². The fraction of sp³-hybridized carbons (Fsp3) is 0.158. The first-order valence-electron chi connectivity index (χ1n) is 7.49. The highest BCUT2D eigenvalue weighted by Gasteiger charge is 2.16. The van der Waals surface area contributed by atoms with Gasteiger partial charge < -0.3 is 14.6 Å². The van der Waals surface area contributed by atoms with Crippen LogP contribution in [0, 0.1) is 0 Å². The Labute approximate surface area is 140 Å². The number of aliphatic imine (C=N–C) groups is 1. The summed E-state index contributed by atoms with van der Waals surface area (Å²) in [4.78, 5) is 16.4. The fourth-order valence-electron chi connectivity index (χ4n) is 1.98. The van der Waals surface area contributed by atoms with Gasteiger partial charge in [-0.25, -0.2) is 4.79 Å². The van der Waals surface area contributed by atoms with E-state index in [9.17, 15) is 9.90 Å². The van der Waals surface area contributed by atoms with Crippen LogP contribution in [0.2, 0.25) is 0 Å². The minimum absolute atomic E-state index is 0.00105. The van der Waals surface area contributed by atoms with Gasteiger partial charge in [0, 0.05) is 11.8 Å². The Balaban J connectivity index is 2.35. The number of nitrogens with zero attached hydrogens (tertiary/aromatic N) is 1. The predicted octanol–water partition coefficient (Wildman–Crippen LogP) is 3.93. The number of methoxy groups -OCH3 is 1. The number of benzene rings is 2. The number of carbonyl (C=O) groups excluding carboxylic acids is 1. The molecule has 0 amide bonds. The number of ether oxygens (including phenoxy) is 2. The topological polar surface area (TPSA) is 68.1 Å². The maximum atomic E-state index is 12.1. The number of carbonyl (C=O) groups is 1. The van der Waals surface area contributed by atoms with E-state index in [0.717, 1.165) is 0 Å². The van der Waals surface area contributed by atoms with Crippen molar-refractivity contribution in [1.82, 2.24) is 0 Å². The third-order valence-electron chi connectivity index (χ3n) is 3.21. The van der Waals surface area contributed by atoms with Gasteiger partial charge in [0.15, 0.2) is 0 Å². The summed E-state index contributed by atoms with van der Waals surface area (Å²) in [5, 5.41) is 10.4. The first kappa shape index (κ1) is 17.3. The van der Waals surface area contributed by atoms with Crippen molar-refractivity contribution in [3.8, 4) is 5.75 Å². The summed E-state index contributed by atoms with van der Waals surface area (Å²) in [6.07, 6.45) is 1.31. The molecule has 0 spiro atoms. The molecule has 2 aromatic rings. The van der Waals surface area contributed by atoms with Gasteiger partial charge >= 0.3 is 5.97 Å². The molecule has 0 saturated heterocycles. The molecule has 1 N–H and O–H groups in total. The molecule has 124 valence electrons. The molecule has 0 aliphatic carbocycles. The van der Waals surface area contributed by atoms with E-state index in [2.05, 4.69) is 4.99 Å². The van der Waals surface area contributed by atoms with E-state index in [4.69, 9.17) is 9.47 Å². The molecule has 2 rings (SSSR count). The van der Waals surface area contributed by atoms with Gasteiger partial charge in [-0.3, -0.25) is 4.99 Å². The lowest BCUT2D eigenvalue weighted by molar-refractivity contribution is -0.137. The van der Waals surface area contributed by atoms with E-state index >= 15 is 0 Å². The highest BCUT2D eigenvalue weighted by molar-refractivity contribution is 6.15. The van der Waals surface area contributed by atoms with E-state index in [1.54, 1.807) is 62.6 Å². The van der Waals surface area contributed by atoms with Gasteiger partial charge in [0.1, 0.15) is 17.1 Å². The molecule has 0 unspecified atom stereocenters. The SMILES string of the molecule is CCOC(=O)C(C=Nc1ccc(OC)cc1)=C(O)c1ccccc1. The summed E-state index contributed by atoms with van der Waals surface area (Å²) in [5.74, 6) is -0.0929. The minimum Gasteiger partial charge on any atom is -0.506 e. The van der Waals surface area contributed by atoms with Gasteiger partial charge in [-0.15, -0.1) is 0 Å². The second-order valence-corrected chi connectivity index (χ2v) is 4.81. The molecular weight excluding hydrogens is 306 g/mol. The third kappa shape index (κ3) is 4.46. The van der Waals surface area contributed by atoms with Crippen molar-refractivity contribution in [1.29, 1.82) is 0 Å². The van der Waals surface area contributed by atoms with E-state index < -0.39 is 5.97 Å². The van der Waals surface area contributed by atoms with Gasteiger partial charge in [0.05, 0.1) is 19.4 Å². The molecule has 0 aliphatic rings. The van der Waals surface area contributed by atoms with Crippen LogP contribution >= 0.6 is 0 Å². The summed E-state index contributed by atoms with van der Waals surface area (Å²) in [6, 6.07) is 15.8. The van der Waals surface area contributed by atoms with Crippen LogP contribution in [0.15, 0.2) is 65.2 Å². The third-order valence-corrected chi connectivity index (χ3v) is 3.21. The Kier molecular flexibility index (Phi) is 6.14. The molecule has 5 nitrogen and oxygen atoms in total. The van der Waals surface area contributed by atoms with E-state index in [1.165, 1.54) is 6.21 Å². The fourth-order valence-corrected chi connectivity index (χ4v) is 1.98. The van der Waals surface area contributed by atoms with Crippen LogP contribution in [0.4, 0.5) is 5.69 Å². The summed E-state index contributed by atoms with van der Waals surface area (Å²) in [7, 11) is 1.58. The lowest BCUT2D eigenvalue weighted by Crippen LogP contribution is -2.11. The van der Waals surface area contributed by atoms with Crippen molar-refractivity contribution in [2.75, 3.05) is 13.7 Å². The summed E-state index contributed by atoms with van der Waals surface area (Å²) >= 11 is 0. The van der Waals surface area contributed by atoms with Crippen LogP contribution in [0.1, 0.15) is 12.5 Å². The molecule has 0 atom stereocenters. The smallest absolute Gasteiger partial charge is 0.343 e. The summed E-state index contributed by atoms with van der Waals surface area (Å²) in [6.45, 7) is 1.91. The molecule has 0 bridgehead atoms. The maximum Gasteiger partial charge on any atom is 0.343 e. The largest absolute Gasteiger partial charge is 0.506 e. The number of hydrogen-bond acceptors (Lipinski definition) is 5.